The molecule has 1 heteroatoms. The predicted molar refractivity (Wildman–Crippen MR) is 58.7 cm³/mol. The third kappa shape index (κ3) is 7.06. The molecule has 0 fully saturated rings. The summed E-state index contributed by atoms with van der Waals surface area (Å²) in [5.41, 5.74) is 0. The molecule has 0 heterocycles. The van der Waals surface area contributed by atoms with Gasteiger partial charge in [-0.15, -0.1) is 0 Å². The lowest BCUT2D eigenvalue weighted by molar-refractivity contribution is 0.177. The average molecular weight is 186 g/mol. The van der Waals surface area contributed by atoms with E-state index >= 15 is 0 Å². The molecule has 1 nitrogen and oxygen atoms in total. The number of rotatable bonds is 7. The van der Waals surface area contributed by atoms with Crippen molar-refractivity contribution in [2.75, 3.05) is 6.61 Å². The molecule has 0 saturated carbocycles. The lowest BCUT2D eigenvalue weighted by Crippen LogP contribution is -2.13. The van der Waals surface area contributed by atoms with E-state index in [4.69, 9.17) is 5.11 Å². The Bertz CT molecular complexity index is 108. The van der Waals surface area contributed by atoms with Gasteiger partial charge in [-0.05, 0) is 24.2 Å². The summed E-state index contributed by atoms with van der Waals surface area (Å²) in [5, 5.41) is 9.10. The first-order valence-corrected chi connectivity index (χ1v) is 5.68. The molecule has 0 bridgehead atoms. The van der Waals surface area contributed by atoms with E-state index < -0.39 is 0 Å². The maximum absolute atomic E-state index is 9.10. The van der Waals surface area contributed by atoms with E-state index in [2.05, 4.69) is 27.7 Å². The summed E-state index contributed by atoms with van der Waals surface area (Å²) in [5.74, 6) is 1.97. The van der Waals surface area contributed by atoms with Crippen LogP contribution in [0.2, 0.25) is 0 Å². The number of unbranched alkanes of at least 4 members (excludes halogenated alkanes) is 1. The summed E-state index contributed by atoms with van der Waals surface area (Å²) in [6.07, 6.45) is 5.12. The molecule has 0 amide bonds. The minimum atomic E-state index is 0.360. The van der Waals surface area contributed by atoms with Crippen LogP contribution in [-0.4, -0.2) is 11.7 Å². The van der Waals surface area contributed by atoms with Crippen molar-refractivity contribution in [3.8, 4) is 0 Å². The molecular weight excluding hydrogens is 160 g/mol. The monoisotopic (exact) mass is 186 g/mol. The van der Waals surface area contributed by atoms with Gasteiger partial charge in [-0.3, -0.25) is 0 Å². The van der Waals surface area contributed by atoms with E-state index in [0.717, 1.165) is 5.92 Å². The van der Waals surface area contributed by atoms with Crippen LogP contribution in [0.25, 0.3) is 0 Å². The van der Waals surface area contributed by atoms with Gasteiger partial charge in [-0.1, -0.05) is 47.0 Å². The maximum atomic E-state index is 9.10. The molecule has 0 aliphatic rings. The highest BCUT2D eigenvalue weighted by molar-refractivity contribution is 4.62. The first kappa shape index (κ1) is 13.0. The van der Waals surface area contributed by atoms with Crippen molar-refractivity contribution in [2.24, 2.45) is 17.8 Å². The first-order valence-electron chi connectivity index (χ1n) is 5.68. The van der Waals surface area contributed by atoms with Crippen molar-refractivity contribution in [2.45, 2.75) is 53.4 Å². The Hall–Kier alpha value is -0.0400. The van der Waals surface area contributed by atoms with Crippen molar-refractivity contribution in [3.05, 3.63) is 0 Å². The molecule has 1 N–H and O–H groups in total. The maximum Gasteiger partial charge on any atom is 0.0461 e. The van der Waals surface area contributed by atoms with Crippen molar-refractivity contribution in [1.82, 2.24) is 0 Å². The fourth-order valence-corrected chi connectivity index (χ4v) is 1.59. The molecule has 0 aliphatic heterocycles. The van der Waals surface area contributed by atoms with Crippen LogP contribution in [0, 0.1) is 17.8 Å². The van der Waals surface area contributed by atoms with Gasteiger partial charge in [0.15, 0.2) is 0 Å². The zero-order chi connectivity index (χ0) is 10.3. The Labute approximate surface area is 83.5 Å². The molecule has 13 heavy (non-hydrogen) atoms. The fraction of sp³-hybridized carbons (Fsp3) is 1.00. The Balaban J connectivity index is 3.39. The van der Waals surface area contributed by atoms with Crippen LogP contribution in [0.3, 0.4) is 0 Å². The Morgan fingerprint density at radius 1 is 0.923 bits per heavy atom. The highest BCUT2D eigenvalue weighted by Crippen LogP contribution is 2.19. The largest absolute Gasteiger partial charge is 0.396 e. The van der Waals surface area contributed by atoms with E-state index in [1.54, 1.807) is 0 Å². The fourth-order valence-electron chi connectivity index (χ4n) is 1.59. The van der Waals surface area contributed by atoms with Gasteiger partial charge in [-0.2, -0.15) is 0 Å². The standard InChI is InChI=1S/C12H26O/c1-10(2)7-5-6-8-12(9-13)11(3)4/h10-13H,5-9H2,1-4H3. The summed E-state index contributed by atoms with van der Waals surface area (Å²) in [6.45, 7) is 9.30. The number of hydrogen-bond acceptors (Lipinski definition) is 1. The highest BCUT2D eigenvalue weighted by atomic mass is 16.3. The van der Waals surface area contributed by atoms with Crippen molar-refractivity contribution in [3.63, 3.8) is 0 Å². The molecule has 1 unspecified atom stereocenters. The van der Waals surface area contributed by atoms with Crippen LogP contribution in [0.15, 0.2) is 0 Å². The van der Waals surface area contributed by atoms with E-state index in [1.165, 1.54) is 25.7 Å². The van der Waals surface area contributed by atoms with E-state index in [0.29, 0.717) is 18.4 Å². The predicted octanol–water partition coefficient (Wildman–Crippen LogP) is 3.47. The van der Waals surface area contributed by atoms with Crippen molar-refractivity contribution < 1.29 is 5.11 Å². The van der Waals surface area contributed by atoms with Crippen LogP contribution in [0.4, 0.5) is 0 Å². The SMILES string of the molecule is CC(C)CCCCC(CO)C(C)C. The molecule has 0 radical (unpaired) electrons. The first-order chi connectivity index (χ1) is 6.07. The summed E-state index contributed by atoms with van der Waals surface area (Å²) in [6, 6.07) is 0. The van der Waals surface area contributed by atoms with Crippen molar-refractivity contribution >= 4 is 0 Å². The highest BCUT2D eigenvalue weighted by Gasteiger charge is 2.11. The molecule has 0 saturated heterocycles. The molecule has 0 aromatic carbocycles. The second-order valence-electron chi connectivity index (χ2n) is 4.86. The van der Waals surface area contributed by atoms with Gasteiger partial charge >= 0.3 is 0 Å². The zero-order valence-electron chi connectivity index (χ0n) is 9.71. The Kier molecular flexibility index (Phi) is 7.35. The summed E-state index contributed by atoms with van der Waals surface area (Å²) < 4.78 is 0. The van der Waals surface area contributed by atoms with Crippen molar-refractivity contribution in [1.29, 1.82) is 0 Å². The van der Waals surface area contributed by atoms with Gasteiger partial charge in [0.25, 0.3) is 0 Å². The van der Waals surface area contributed by atoms with Crippen LogP contribution < -0.4 is 0 Å². The van der Waals surface area contributed by atoms with Gasteiger partial charge in [0, 0.05) is 6.61 Å². The smallest absolute Gasteiger partial charge is 0.0461 e. The number of hydrogen-bond donors (Lipinski definition) is 1. The van der Waals surface area contributed by atoms with E-state index in [1.807, 2.05) is 0 Å². The number of aliphatic hydroxyl groups excluding tert-OH is 1. The van der Waals surface area contributed by atoms with Gasteiger partial charge in [0.2, 0.25) is 0 Å². The zero-order valence-corrected chi connectivity index (χ0v) is 9.71. The van der Waals surface area contributed by atoms with Gasteiger partial charge in [0.05, 0.1) is 0 Å². The normalized spacial score (nSPS) is 14.1. The average Bonchev–Trinajstić information content (AvgIpc) is 2.03. The topological polar surface area (TPSA) is 20.2 Å². The Morgan fingerprint density at radius 2 is 1.46 bits per heavy atom. The lowest BCUT2D eigenvalue weighted by Gasteiger charge is -2.17. The van der Waals surface area contributed by atoms with E-state index in [-0.39, 0.29) is 0 Å². The lowest BCUT2D eigenvalue weighted by atomic mass is 9.90. The van der Waals surface area contributed by atoms with Crippen LogP contribution in [-0.2, 0) is 0 Å². The van der Waals surface area contributed by atoms with Gasteiger partial charge < -0.3 is 5.11 Å². The number of aliphatic hydroxyl groups is 1. The third-order valence-corrected chi connectivity index (χ3v) is 2.78. The second kappa shape index (κ2) is 7.37. The molecule has 0 spiro atoms. The molecule has 0 rings (SSSR count). The summed E-state index contributed by atoms with van der Waals surface area (Å²) in [4.78, 5) is 0. The van der Waals surface area contributed by atoms with E-state index in [9.17, 15) is 0 Å². The second-order valence-corrected chi connectivity index (χ2v) is 4.86. The van der Waals surface area contributed by atoms with Crippen LogP contribution in [0.5, 0.6) is 0 Å². The molecule has 0 aliphatic carbocycles. The van der Waals surface area contributed by atoms with Crippen LogP contribution in [0.1, 0.15) is 53.4 Å². The molecule has 80 valence electrons. The molecule has 0 aromatic rings. The minimum Gasteiger partial charge on any atom is -0.396 e. The minimum absolute atomic E-state index is 0.360. The quantitative estimate of drug-likeness (QED) is 0.604. The Morgan fingerprint density at radius 3 is 1.85 bits per heavy atom. The van der Waals surface area contributed by atoms with Crippen LogP contribution >= 0.6 is 0 Å². The molecular formula is C12H26O. The van der Waals surface area contributed by atoms with Gasteiger partial charge in [0.1, 0.15) is 0 Å². The molecule has 1 atom stereocenters. The van der Waals surface area contributed by atoms with Gasteiger partial charge in [-0.25, -0.2) is 0 Å². The molecule has 0 aromatic heterocycles. The third-order valence-electron chi connectivity index (χ3n) is 2.78. The summed E-state index contributed by atoms with van der Waals surface area (Å²) >= 11 is 0. The summed E-state index contributed by atoms with van der Waals surface area (Å²) in [7, 11) is 0.